The van der Waals surface area contributed by atoms with E-state index in [2.05, 4.69) is 10.6 Å². The number of rotatable bonds is 9. The molecular formula is C22H32N2O6. The van der Waals surface area contributed by atoms with Crippen LogP contribution in [0.15, 0.2) is 18.2 Å². The van der Waals surface area contributed by atoms with E-state index in [9.17, 15) is 14.4 Å². The molecule has 8 nitrogen and oxygen atoms in total. The van der Waals surface area contributed by atoms with Crippen molar-refractivity contribution in [2.75, 3.05) is 13.2 Å². The first kappa shape index (κ1) is 23.5. The highest BCUT2D eigenvalue weighted by molar-refractivity contribution is 5.98. The fraction of sp³-hybridized carbons (Fsp3) is 0.591. The first-order valence-electron chi connectivity index (χ1n) is 10.5. The van der Waals surface area contributed by atoms with Crippen molar-refractivity contribution in [3.63, 3.8) is 0 Å². The summed E-state index contributed by atoms with van der Waals surface area (Å²) in [5.74, 6) is -0.0579. The normalized spacial score (nSPS) is 14.8. The minimum absolute atomic E-state index is 0.0871. The second kappa shape index (κ2) is 11.4. The van der Waals surface area contributed by atoms with Crippen molar-refractivity contribution in [2.45, 2.75) is 65.5 Å². The maximum atomic E-state index is 12.5. The van der Waals surface area contributed by atoms with Gasteiger partial charge in [0, 0.05) is 6.04 Å². The number of carbonyl (C=O) groups excluding carboxylic acids is 3. The number of benzene rings is 1. The number of urea groups is 1. The van der Waals surface area contributed by atoms with Crippen LogP contribution in [0.25, 0.3) is 0 Å². The molecule has 0 spiro atoms. The van der Waals surface area contributed by atoms with Crippen molar-refractivity contribution in [1.82, 2.24) is 10.6 Å². The van der Waals surface area contributed by atoms with Gasteiger partial charge in [-0.3, -0.25) is 10.1 Å². The summed E-state index contributed by atoms with van der Waals surface area (Å²) in [5, 5.41) is 4.98. The van der Waals surface area contributed by atoms with Gasteiger partial charge in [0.1, 0.15) is 0 Å². The van der Waals surface area contributed by atoms with Gasteiger partial charge in [0.05, 0.1) is 18.8 Å². The summed E-state index contributed by atoms with van der Waals surface area (Å²) in [4.78, 5) is 36.6. The monoisotopic (exact) mass is 420 g/mol. The lowest BCUT2D eigenvalue weighted by Gasteiger charge is -2.17. The zero-order valence-electron chi connectivity index (χ0n) is 18.2. The molecule has 1 atom stereocenters. The van der Waals surface area contributed by atoms with Crippen molar-refractivity contribution in [2.24, 2.45) is 5.92 Å². The molecule has 3 amide bonds. The third-order valence-corrected chi connectivity index (χ3v) is 4.63. The van der Waals surface area contributed by atoms with Crippen molar-refractivity contribution in [1.29, 1.82) is 0 Å². The molecule has 8 heteroatoms. The lowest BCUT2D eigenvalue weighted by atomic mass is 10.2. The van der Waals surface area contributed by atoms with E-state index in [1.165, 1.54) is 13.0 Å². The lowest BCUT2D eigenvalue weighted by Crippen LogP contribution is -2.47. The van der Waals surface area contributed by atoms with Gasteiger partial charge in [-0.05, 0) is 50.8 Å². The Labute approximate surface area is 177 Å². The number of ether oxygens (including phenoxy) is 3. The Kier molecular flexibility index (Phi) is 8.95. The second-order valence-electron chi connectivity index (χ2n) is 7.79. The third kappa shape index (κ3) is 7.24. The number of hydrogen-bond donors (Lipinski definition) is 2. The van der Waals surface area contributed by atoms with Crippen LogP contribution >= 0.6 is 0 Å². The summed E-state index contributed by atoms with van der Waals surface area (Å²) in [7, 11) is 0. The predicted molar refractivity (Wildman–Crippen MR) is 112 cm³/mol. The highest BCUT2D eigenvalue weighted by atomic mass is 16.5. The van der Waals surface area contributed by atoms with Gasteiger partial charge in [0.25, 0.3) is 5.91 Å². The molecule has 1 aliphatic carbocycles. The van der Waals surface area contributed by atoms with Crippen LogP contribution in [0, 0.1) is 5.92 Å². The molecule has 1 aliphatic rings. The fourth-order valence-electron chi connectivity index (χ4n) is 3.07. The Morgan fingerprint density at radius 2 is 1.77 bits per heavy atom. The fourth-order valence-corrected chi connectivity index (χ4v) is 3.07. The maximum Gasteiger partial charge on any atom is 0.339 e. The molecule has 2 rings (SSSR count). The summed E-state index contributed by atoms with van der Waals surface area (Å²) in [6.07, 6.45) is 2.82. The summed E-state index contributed by atoms with van der Waals surface area (Å²) in [5.41, 5.74) is 0.227. The first-order valence-corrected chi connectivity index (χ1v) is 10.5. The Balaban J connectivity index is 1.93. The Bertz CT molecular complexity index is 743. The van der Waals surface area contributed by atoms with Crippen LogP contribution in [-0.4, -0.2) is 43.3 Å². The molecular weight excluding hydrogens is 388 g/mol. The van der Waals surface area contributed by atoms with Crippen LogP contribution in [0.5, 0.6) is 11.5 Å². The van der Waals surface area contributed by atoms with E-state index in [4.69, 9.17) is 14.2 Å². The van der Waals surface area contributed by atoms with Crippen molar-refractivity contribution < 1.29 is 28.6 Å². The molecule has 166 valence electrons. The van der Waals surface area contributed by atoms with Gasteiger partial charge < -0.3 is 19.5 Å². The second-order valence-corrected chi connectivity index (χ2v) is 7.79. The van der Waals surface area contributed by atoms with Gasteiger partial charge in [-0.2, -0.15) is 0 Å². The molecule has 30 heavy (non-hydrogen) atoms. The Morgan fingerprint density at radius 1 is 1.07 bits per heavy atom. The average molecular weight is 421 g/mol. The predicted octanol–water partition coefficient (Wildman–Crippen LogP) is 3.43. The van der Waals surface area contributed by atoms with Crippen LogP contribution in [0.3, 0.4) is 0 Å². The lowest BCUT2D eigenvalue weighted by molar-refractivity contribution is -0.127. The summed E-state index contributed by atoms with van der Waals surface area (Å²) >= 11 is 0. The summed E-state index contributed by atoms with van der Waals surface area (Å²) in [6, 6.07) is 4.24. The van der Waals surface area contributed by atoms with Gasteiger partial charge >= 0.3 is 12.0 Å². The topological polar surface area (TPSA) is 103 Å². The largest absolute Gasteiger partial charge is 0.490 e. The van der Waals surface area contributed by atoms with Crippen LogP contribution in [0.2, 0.25) is 0 Å². The minimum atomic E-state index is -1.13. The van der Waals surface area contributed by atoms with Crippen LogP contribution in [0.1, 0.15) is 63.7 Å². The van der Waals surface area contributed by atoms with Gasteiger partial charge in [0.2, 0.25) is 0 Å². The van der Waals surface area contributed by atoms with Gasteiger partial charge in [-0.25, -0.2) is 9.59 Å². The smallest absolute Gasteiger partial charge is 0.339 e. The van der Waals surface area contributed by atoms with E-state index in [0.717, 1.165) is 25.7 Å². The van der Waals surface area contributed by atoms with Crippen LogP contribution in [0.4, 0.5) is 4.79 Å². The molecule has 0 aromatic heterocycles. The third-order valence-electron chi connectivity index (χ3n) is 4.63. The SMILES string of the molecule is CCOc1cc(C(=O)O[C@H](C)C(=O)NC(=O)NC2CCCC2)ccc1OCC(C)C. The van der Waals surface area contributed by atoms with E-state index >= 15 is 0 Å². The molecule has 1 aromatic rings. The highest BCUT2D eigenvalue weighted by Gasteiger charge is 2.23. The molecule has 1 fully saturated rings. The van der Waals surface area contributed by atoms with E-state index in [-0.39, 0.29) is 11.6 Å². The van der Waals surface area contributed by atoms with Crippen molar-refractivity contribution in [3.05, 3.63) is 23.8 Å². The average Bonchev–Trinajstić information content (AvgIpc) is 3.19. The Morgan fingerprint density at radius 3 is 2.40 bits per heavy atom. The number of imide groups is 1. The summed E-state index contributed by atoms with van der Waals surface area (Å²) < 4.78 is 16.5. The Hall–Kier alpha value is -2.77. The number of amides is 3. The minimum Gasteiger partial charge on any atom is -0.490 e. The van der Waals surface area contributed by atoms with Crippen molar-refractivity contribution in [3.8, 4) is 11.5 Å². The maximum absolute atomic E-state index is 12.5. The number of esters is 1. The standard InChI is InChI=1S/C22H32N2O6/c1-5-28-19-12-16(10-11-18(19)29-13-14(2)3)21(26)30-15(4)20(25)24-22(27)23-17-8-6-7-9-17/h10-12,14-15,17H,5-9,13H2,1-4H3,(H2,23,24,25,27)/t15-/m1/s1. The molecule has 1 aromatic carbocycles. The molecule has 0 radical (unpaired) electrons. The van der Waals surface area contributed by atoms with E-state index in [1.54, 1.807) is 12.1 Å². The van der Waals surface area contributed by atoms with E-state index in [0.29, 0.717) is 30.6 Å². The molecule has 0 heterocycles. The summed E-state index contributed by atoms with van der Waals surface area (Å²) in [6.45, 7) is 8.24. The molecule has 2 N–H and O–H groups in total. The zero-order chi connectivity index (χ0) is 22.1. The molecule has 0 bridgehead atoms. The van der Waals surface area contributed by atoms with Crippen LogP contribution < -0.4 is 20.1 Å². The molecule has 0 unspecified atom stereocenters. The van der Waals surface area contributed by atoms with E-state index < -0.39 is 24.0 Å². The van der Waals surface area contributed by atoms with Crippen molar-refractivity contribution >= 4 is 17.9 Å². The van der Waals surface area contributed by atoms with Gasteiger partial charge in [0.15, 0.2) is 17.6 Å². The number of hydrogen-bond acceptors (Lipinski definition) is 6. The number of nitrogens with one attached hydrogen (secondary N) is 2. The zero-order valence-corrected chi connectivity index (χ0v) is 18.2. The molecule has 0 saturated heterocycles. The molecule has 0 aliphatic heterocycles. The van der Waals surface area contributed by atoms with E-state index in [1.807, 2.05) is 20.8 Å². The van der Waals surface area contributed by atoms with Gasteiger partial charge in [-0.1, -0.05) is 26.7 Å². The highest BCUT2D eigenvalue weighted by Crippen LogP contribution is 2.29. The quantitative estimate of drug-likeness (QED) is 0.593. The first-order chi connectivity index (χ1) is 14.3. The number of carbonyl (C=O) groups is 3. The van der Waals surface area contributed by atoms with Gasteiger partial charge in [-0.15, -0.1) is 0 Å². The molecule has 1 saturated carbocycles. The van der Waals surface area contributed by atoms with Crippen LogP contribution in [-0.2, 0) is 9.53 Å².